The molecule has 2 N–H and O–H groups in total. The van der Waals surface area contributed by atoms with Crippen molar-refractivity contribution in [3.63, 3.8) is 0 Å². The van der Waals surface area contributed by atoms with Gasteiger partial charge in [-0.15, -0.1) is 0 Å². The molecular formula is C16H17ClN2O. The summed E-state index contributed by atoms with van der Waals surface area (Å²) in [5, 5.41) is 7.19. The fraction of sp³-hybridized carbons (Fsp3) is 0.312. The molecule has 1 aliphatic carbocycles. The summed E-state index contributed by atoms with van der Waals surface area (Å²) in [6.45, 7) is 1.78. The molecule has 1 heterocycles. The van der Waals surface area contributed by atoms with Crippen LogP contribution in [0.5, 0.6) is 0 Å². The van der Waals surface area contributed by atoms with Crippen LogP contribution in [0.4, 0.5) is 0 Å². The number of benzene rings is 1. The maximum Gasteiger partial charge on any atom is 0.188 e. The van der Waals surface area contributed by atoms with Crippen molar-refractivity contribution in [2.24, 2.45) is 0 Å². The quantitative estimate of drug-likeness (QED) is 0.781. The van der Waals surface area contributed by atoms with Crippen LogP contribution in [0.1, 0.15) is 24.8 Å². The Morgan fingerprint density at radius 3 is 2.70 bits per heavy atom. The Hall–Kier alpha value is -1.74. The molecule has 3 nitrogen and oxygen atoms in total. The van der Waals surface area contributed by atoms with E-state index in [1.807, 2.05) is 30.3 Å². The van der Waals surface area contributed by atoms with Crippen LogP contribution in [0.3, 0.4) is 0 Å². The predicted molar refractivity (Wildman–Crippen MR) is 81.3 cm³/mol. The second kappa shape index (κ2) is 5.71. The average molecular weight is 289 g/mol. The topological polar surface area (TPSA) is 41.1 Å². The van der Waals surface area contributed by atoms with Crippen molar-refractivity contribution in [3.8, 4) is 0 Å². The number of rotatable bonds is 1. The standard InChI is InChI=1S/C16H17ClN2O/c17-13-5-1-3-11(10-13)9-12-4-2-6-14(15(12)20)16-18-7-8-19-16/h1,3,5,9-10,18-19H,2,4,6-8H2/b12-9+. The molecule has 20 heavy (non-hydrogen) atoms. The third kappa shape index (κ3) is 2.73. The Morgan fingerprint density at radius 1 is 1.15 bits per heavy atom. The highest BCUT2D eigenvalue weighted by atomic mass is 35.5. The highest BCUT2D eigenvalue weighted by Crippen LogP contribution is 2.28. The van der Waals surface area contributed by atoms with Crippen molar-refractivity contribution in [3.05, 3.63) is 51.8 Å². The molecule has 2 fully saturated rings. The zero-order valence-corrected chi connectivity index (χ0v) is 12.0. The number of nitrogens with one attached hydrogen (secondary N) is 2. The van der Waals surface area contributed by atoms with Crippen molar-refractivity contribution in [1.29, 1.82) is 0 Å². The van der Waals surface area contributed by atoms with E-state index in [4.69, 9.17) is 11.6 Å². The summed E-state index contributed by atoms with van der Waals surface area (Å²) in [5.74, 6) is 1.08. The molecule has 0 aromatic heterocycles. The van der Waals surface area contributed by atoms with E-state index in [2.05, 4.69) is 10.6 Å². The van der Waals surface area contributed by atoms with Gasteiger partial charge < -0.3 is 10.6 Å². The first-order valence-electron chi connectivity index (χ1n) is 6.96. The van der Waals surface area contributed by atoms with Gasteiger partial charge in [-0.25, -0.2) is 0 Å². The average Bonchev–Trinajstić information content (AvgIpc) is 2.95. The Balaban J connectivity index is 1.90. The summed E-state index contributed by atoms with van der Waals surface area (Å²) in [7, 11) is 0. The van der Waals surface area contributed by atoms with Crippen molar-refractivity contribution >= 4 is 23.5 Å². The zero-order chi connectivity index (χ0) is 13.9. The molecule has 1 aliphatic heterocycles. The van der Waals surface area contributed by atoms with Gasteiger partial charge in [0.15, 0.2) is 5.78 Å². The molecule has 0 amide bonds. The summed E-state index contributed by atoms with van der Waals surface area (Å²) in [5.41, 5.74) is 2.75. The van der Waals surface area contributed by atoms with Gasteiger partial charge in [0.2, 0.25) is 0 Å². The lowest BCUT2D eigenvalue weighted by Crippen LogP contribution is -2.22. The summed E-state index contributed by atoms with van der Waals surface area (Å²) in [4.78, 5) is 12.6. The molecule has 0 spiro atoms. The third-order valence-corrected chi connectivity index (χ3v) is 3.89. The number of ketones is 1. The normalized spacial score (nSPS) is 21.1. The zero-order valence-electron chi connectivity index (χ0n) is 11.2. The first-order valence-corrected chi connectivity index (χ1v) is 7.33. The van der Waals surface area contributed by atoms with Crippen LogP contribution in [-0.4, -0.2) is 18.9 Å². The first kappa shape index (κ1) is 13.3. The van der Waals surface area contributed by atoms with Crippen molar-refractivity contribution in [2.75, 3.05) is 13.1 Å². The molecule has 1 saturated heterocycles. The van der Waals surface area contributed by atoms with Crippen LogP contribution < -0.4 is 10.6 Å². The smallest absolute Gasteiger partial charge is 0.188 e. The summed E-state index contributed by atoms with van der Waals surface area (Å²) in [6, 6.07) is 7.60. The Morgan fingerprint density at radius 2 is 1.95 bits per heavy atom. The molecule has 1 aromatic rings. The van der Waals surface area contributed by atoms with E-state index in [-0.39, 0.29) is 5.78 Å². The Bertz CT molecular complexity index is 596. The molecule has 104 valence electrons. The molecule has 0 unspecified atom stereocenters. The van der Waals surface area contributed by atoms with E-state index < -0.39 is 0 Å². The number of Topliss-reactive ketones (excluding diaryl/α,β-unsaturated/α-hetero) is 1. The monoisotopic (exact) mass is 288 g/mol. The van der Waals surface area contributed by atoms with Gasteiger partial charge in [0, 0.05) is 29.3 Å². The van der Waals surface area contributed by atoms with Crippen molar-refractivity contribution in [2.45, 2.75) is 19.3 Å². The van der Waals surface area contributed by atoms with Crippen LogP contribution in [0.25, 0.3) is 6.08 Å². The van der Waals surface area contributed by atoms with Crippen molar-refractivity contribution in [1.82, 2.24) is 10.6 Å². The molecule has 0 atom stereocenters. The fourth-order valence-electron chi connectivity index (χ4n) is 2.70. The fourth-order valence-corrected chi connectivity index (χ4v) is 2.90. The highest BCUT2D eigenvalue weighted by molar-refractivity contribution is 6.30. The van der Waals surface area contributed by atoms with E-state index >= 15 is 0 Å². The van der Waals surface area contributed by atoms with Crippen LogP contribution in [0.15, 0.2) is 41.2 Å². The van der Waals surface area contributed by atoms with Gasteiger partial charge in [-0.05, 0) is 43.0 Å². The molecule has 1 saturated carbocycles. The van der Waals surface area contributed by atoms with E-state index in [0.29, 0.717) is 5.02 Å². The number of carbonyl (C=O) groups excluding carboxylic acids is 1. The van der Waals surface area contributed by atoms with Crippen LogP contribution >= 0.6 is 11.6 Å². The van der Waals surface area contributed by atoms with Gasteiger partial charge in [-0.1, -0.05) is 23.7 Å². The SMILES string of the molecule is O=C1C(=C2NCCN2)CCC/C1=C\c1cccc(Cl)c1. The number of hydrogen-bond donors (Lipinski definition) is 2. The summed E-state index contributed by atoms with van der Waals surface area (Å²) in [6.07, 6.45) is 4.66. The minimum atomic E-state index is 0.160. The minimum absolute atomic E-state index is 0.160. The molecule has 3 rings (SSSR count). The van der Waals surface area contributed by atoms with E-state index in [9.17, 15) is 4.79 Å². The van der Waals surface area contributed by atoms with Crippen molar-refractivity contribution < 1.29 is 4.79 Å². The number of carbonyl (C=O) groups is 1. The largest absolute Gasteiger partial charge is 0.370 e. The second-order valence-electron chi connectivity index (χ2n) is 5.11. The van der Waals surface area contributed by atoms with E-state index in [1.165, 1.54) is 0 Å². The summed E-state index contributed by atoms with van der Waals surface area (Å²) >= 11 is 5.99. The minimum Gasteiger partial charge on any atom is -0.370 e. The van der Waals surface area contributed by atoms with Crippen LogP contribution in [-0.2, 0) is 4.79 Å². The van der Waals surface area contributed by atoms with E-state index in [0.717, 1.165) is 54.9 Å². The molecule has 0 radical (unpaired) electrons. The molecule has 2 aliphatic rings. The highest BCUT2D eigenvalue weighted by Gasteiger charge is 2.25. The van der Waals surface area contributed by atoms with Gasteiger partial charge in [0.05, 0.1) is 0 Å². The van der Waals surface area contributed by atoms with Gasteiger partial charge in [0.25, 0.3) is 0 Å². The maximum atomic E-state index is 12.6. The van der Waals surface area contributed by atoms with Crippen LogP contribution in [0.2, 0.25) is 5.02 Å². The first-order chi connectivity index (χ1) is 9.74. The van der Waals surface area contributed by atoms with Crippen LogP contribution in [0, 0.1) is 0 Å². The Kier molecular flexibility index (Phi) is 3.79. The molecule has 4 heteroatoms. The number of hydrogen-bond acceptors (Lipinski definition) is 3. The maximum absolute atomic E-state index is 12.6. The lowest BCUT2D eigenvalue weighted by molar-refractivity contribution is -0.113. The number of halogens is 1. The second-order valence-corrected chi connectivity index (χ2v) is 5.55. The molecular weight excluding hydrogens is 272 g/mol. The van der Waals surface area contributed by atoms with Gasteiger partial charge >= 0.3 is 0 Å². The molecule has 1 aromatic carbocycles. The molecule has 0 bridgehead atoms. The predicted octanol–water partition coefficient (Wildman–Crippen LogP) is 2.88. The number of allylic oxidation sites excluding steroid dienone is 2. The lowest BCUT2D eigenvalue weighted by Gasteiger charge is -2.18. The van der Waals surface area contributed by atoms with Gasteiger partial charge in [0.1, 0.15) is 5.82 Å². The Labute approximate surface area is 123 Å². The third-order valence-electron chi connectivity index (χ3n) is 3.66. The summed E-state index contributed by atoms with van der Waals surface area (Å²) < 4.78 is 0. The van der Waals surface area contributed by atoms with E-state index in [1.54, 1.807) is 0 Å². The lowest BCUT2D eigenvalue weighted by atomic mass is 9.87. The van der Waals surface area contributed by atoms with Gasteiger partial charge in [-0.2, -0.15) is 0 Å². The van der Waals surface area contributed by atoms with Gasteiger partial charge in [-0.3, -0.25) is 4.79 Å².